The molecule has 2 fully saturated rings. The Balaban J connectivity index is 1.94. The summed E-state index contributed by atoms with van der Waals surface area (Å²) < 4.78 is 0. The molecule has 1 heterocycles. The van der Waals surface area contributed by atoms with Crippen LogP contribution in [0.5, 0.6) is 0 Å². The monoisotopic (exact) mass is 195 g/mol. The highest BCUT2D eigenvalue weighted by Crippen LogP contribution is 2.28. The van der Waals surface area contributed by atoms with Gasteiger partial charge in [0.25, 0.3) is 0 Å². The highest BCUT2D eigenvalue weighted by atomic mass is 16.1. The molecule has 2 rings (SSSR count). The quantitative estimate of drug-likeness (QED) is 0.630. The maximum atomic E-state index is 11.0. The van der Waals surface area contributed by atoms with E-state index in [1.807, 2.05) is 0 Å². The minimum absolute atomic E-state index is 0.335. The van der Waals surface area contributed by atoms with Crippen LogP contribution >= 0.6 is 0 Å². The van der Waals surface area contributed by atoms with Gasteiger partial charge in [0.05, 0.1) is 0 Å². The van der Waals surface area contributed by atoms with E-state index in [9.17, 15) is 4.79 Å². The van der Waals surface area contributed by atoms with Crippen molar-refractivity contribution in [1.82, 2.24) is 4.90 Å². The molecule has 0 bridgehead atoms. The molecule has 0 aromatic rings. The standard InChI is InChI=1S/C12H21NO/c14-10-11-6-2-3-7-12(11)13-8-4-1-5-9-13/h10-12H,1-9H2. The molecule has 0 radical (unpaired) electrons. The van der Waals surface area contributed by atoms with Crippen LogP contribution in [0.4, 0.5) is 0 Å². The number of carbonyl (C=O) groups is 1. The fraction of sp³-hybridized carbons (Fsp3) is 0.917. The summed E-state index contributed by atoms with van der Waals surface area (Å²) in [7, 11) is 0. The van der Waals surface area contributed by atoms with Gasteiger partial charge >= 0.3 is 0 Å². The summed E-state index contributed by atoms with van der Waals surface area (Å²) in [5, 5.41) is 0. The van der Waals surface area contributed by atoms with Crippen LogP contribution in [0.3, 0.4) is 0 Å². The minimum Gasteiger partial charge on any atom is -0.303 e. The zero-order chi connectivity index (χ0) is 9.80. The summed E-state index contributed by atoms with van der Waals surface area (Å²) in [4.78, 5) is 13.6. The summed E-state index contributed by atoms with van der Waals surface area (Å²) in [6.45, 7) is 2.46. The highest BCUT2D eigenvalue weighted by Gasteiger charge is 2.30. The molecule has 14 heavy (non-hydrogen) atoms. The maximum Gasteiger partial charge on any atom is 0.124 e. The molecule has 0 amide bonds. The van der Waals surface area contributed by atoms with Crippen LogP contribution in [0.25, 0.3) is 0 Å². The minimum atomic E-state index is 0.335. The van der Waals surface area contributed by atoms with E-state index < -0.39 is 0 Å². The Morgan fingerprint density at radius 3 is 2.36 bits per heavy atom. The third-order valence-electron chi connectivity index (χ3n) is 3.82. The fourth-order valence-corrected chi connectivity index (χ4v) is 3.00. The summed E-state index contributed by atoms with van der Waals surface area (Å²) >= 11 is 0. The number of carbonyl (C=O) groups excluding carboxylic acids is 1. The first kappa shape index (κ1) is 10.2. The number of piperidine rings is 1. The molecule has 2 aliphatic rings. The zero-order valence-corrected chi connectivity index (χ0v) is 8.95. The largest absolute Gasteiger partial charge is 0.303 e. The van der Waals surface area contributed by atoms with Crippen molar-refractivity contribution >= 4 is 6.29 Å². The number of hydrogen-bond donors (Lipinski definition) is 0. The van der Waals surface area contributed by atoms with Crippen LogP contribution in [0.2, 0.25) is 0 Å². The van der Waals surface area contributed by atoms with Gasteiger partial charge in [-0.2, -0.15) is 0 Å². The SMILES string of the molecule is O=CC1CCCCC1N1CCCCC1. The summed E-state index contributed by atoms with van der Waals surface area (Å²) in [6, 6.07) is 0.585. The van der Waals surface area contributed by atoms with E-state index in [-0.39, 0.29) is 0 Å². The van der Waals surface area contributed by atoms with E-state index in [1.165, 1.54) is 57.9 Å². The number of nitrogens with zero attached hydrogens (tertiary/aromatic N) is 1. The molecule has 0 aromatic carbocycles. The second kappa shape index (κ2) is 4.92. The van der Waals surface area contributed by atoms with Gasteiger partial charge in [0.15, 0.2) is 0 Å². The first-order valence-electron chi connectivity index (χ1n) is 6.11. The normalized spacial score (nSPS) is 35.4. The lowest BCUT2D eigenvalue weighted by atomic mass is 9.84. The Morgan fingerprint density at radius 2 is 1.64 bits per heavy atom. The Kier molecular flexibility index (Phi) is 3.57. The van der Waals surface area contributed by atoms with Crippen molar-refractivity contribution in [3.05, 3.63) is 0 Å². The van der Waals surface area contributed by atoms with Crippen LogP contribution in [0, 0.1) is 5.92 Å². The van der Waals surface area contributed by atoms with E-state index in [1.54, 1.807) is 0 Å². The number of hydrogen-bond acceptors (Lipinski definition) is 2. The molecule has 2 atom stereocenters. The fourth-order valence-electron chi connectivity index (χ4n) is 3.00. The maximum absolute atomic E-state index is 11.0. The molecule has 1 saturated carbocycles. The molecule has 1 saturated heterocycles. The summed E-state index contributed by atoms with van der Waals surface area (Å²) in [6.07, 6.45) is 10.2. The van der Waals surface area contributed by atoms with E-state index in [4.69, 9.17) is 0 Å². The van der Waals surface area contributed by atoms with Crippen molar-refractivity contribution in [2.45, 2.75) is 51.0 Å². The molecule has 0 aromatic heterocycles. The average molecular weight is 195 g/mol. The van der Waals surface area contributed by atoms with Gasteiger partial charge in [-0.25, -0.2) is 0 Å². The molecule has 2 heteroatoms. The van der Waals surface area contributed by atoms with E-state index in [0.717, 1.165) is 6.42 Å². The Hall–Kier alpha value is -0.370. The number of likely N-dealkylation sites (tertiary alicyclic amines) is 1. The molecule has 2 unspecified atom stereocenters. The van der Waals surface area contributed by atoms with E-state index in [0.29, 0.717) is 12.0 Å². The lowest BCUT2D eigenvalue weighted by Crippen LogP contribution is -2.45. The van der Waals surface area contributed by atoms with Crippen LogP contribution in [-0.2, 0) is 4.79 Å². The lowest BCUT2D eigenvalue weighted by molar-refractivity contribution is -0.114. The van der Waals surface area contributed by atoms with Crippen LogP contribution in [0.1, 0.15) is 44.9 Å². The molecule has 2 nitrogen and oxygen atoms in total. The van der Waals surface area contributed by atoms with Gasteiger partial charge in [-0.05, 0) is 38.8 Å². The molecule has 0 N–H and O–H groups in total. The summed E-state index contributed by atoms with van der Waals surface area (Å²) in [5.41, 5.74) is 0. The van der Waals surface area contributed by atoms with Gasteiger partial charge in [-0.15, -0.1) is 0 Å². The lowest BCUT2D eigenvalue weighted by Gasteiger charge is -2.39. The van der Waals surface area contributed by atoms with Gasteiger partial charge in [0.1, 0.15) is 6.29 Å². The third-order valence-corrected chi connectivity index (χ3v) is 3.82. The Labute approximate surface area is 86.7 Å². The first-order chi connectivity index (χ1) is 6.92. The van der Waals surface area contributed by atoms with Gasteiger partial charge < -0.3 is 4.79 Å². The molecular weight excluding hydrogens is 174 g/mol. The molecule has 1 aliphatic carbocycles. The highest BCUT2D eigenvalue weighted by molar-refractivity contribution is 5.55. The van der Waals surface area contributed by atoms with Gasteiger partial charge in [0, 0.05) is 12.0 Å². The van der Waals surface area contributed by atoms with Crippen molar-refractivity contribution < 1.29 is 4.79 Å². The van der Waals surface area contributed by atoms with Crippen molar-refractivity contribution in [1.29, 1.82) is 0 Å². The number of aldehydes is 1. The van der Waals surface area contributed by atoms with Crippen molar-refractivity contribution in [2.24, 2.45) is 5.92 Å². The molecule has 80 valence electrons. The second-order valence-corrected chi connectivity index (χ2v) is 4.75. The zero-order valence-electron chi connectivity index (χ0n) is 8.95. The van der Waals surface area contributed by atoms with E-state index in [2.05, 4.69) is 4.90 Å². The van der Waals surface area contributed by atoms with Crippen LogP contribution in [0.15, 0.2) is 0 Å². The molecule has 0 spiro atoms. The topological polar surface area (TPSA) is 20.3 Å². The van der Waals surface area contributed by atoms with Gasteiger partial charge in [-0.3, -0.25) is 4.90 Å². The third kappa shape index (κ3) is 2.17. The number of rotatable bonds is 2. The first-order valence-corrected chi connectivity index (χ1v) is 6.11. The predicted octanol–water partition coefficient (Wildman–Crippen LogP) is 2.23. The predicted molar refractivity (Wildman–Crippen MR) is 57.2 cm³/mol. The van der Waals surface area contributed by atoms with Gasteiger partial charge in [-0.1, -0.05) is 19.3 Å². The molecular formula is C12H21NO. The van der Waals surface area contributed by atoms with Gasteiger partial charge in [0.2, 0.25) is 0 Å². The van der Waals surface area contributed by atoms with Crippen LogP contribution in [-0.4, -0.2) is 30.3 Å². The van der Waals surface area contributed by atoms with Crippen molar-refractivity contribution in [3.8, 4) is 0 Å². The second-order valence-electron chi connectivity index (χ2n) is 4.75. The smallest absolute Gasteiger partial charge is 0.124 e. The Bertz CT molecular complexity index is 187. The summed E-state index contributed by atoms with van der Waals surface area (Å²) in [5.74, 6) is 0.335. The van der Waals surface area contributed by atoms with E-state index >= 15 is 0 Å². The average Bonchev–Trinajstić information content (AvgIpc) is 2.30. The van der Waals surface area contributed by atoms with Crippen molar-refractivity contribution in [2.75, 3.05) is 13.1 Å². The van der Waals surface area contributed by atoms with Crippen molar-refractivity contribution in [3.63, 3.8) is 0 Å². The molecule has 1 aliphatic heterocycles. The van der Waals surface area contributed by atoms with Crippen LogP contribution < -0.4 is 0 Å². The Morgan fingerprint density at radius 1 is 0.929 bits per heavy atom.